The average Bonchev–Trinajstić information content (AvgIpc) is 3.56. The second kappa shape index (κ2) is 11.4. The lowest BCUT2D eigenvalue weighted by Crippen LogP contribution is -2.27. The van der Waals surface area contributed by atoms with Crippen molar-refractivity contribution in [3.05, 3.63) is 100 Å². The summed E-state index contributed by atoms with van der Waals surface area (Å²) in [7, 11) is -3.03. The summed E-state index contributed by atoms with van der Waals surface area (Å²) in [5, 5.41) is 14.6. The second-order valence-electron chi connectivity index (χ2n) is 10.2. The number of aromatic amines is 1. The molecule has 14 heteroatoms. The Morgan fingerprint density at radius 1 is 1.07 bits per heavy atom. The number of fused-ring (bicyclic) bond motifs is 1. The molecule has 2 N–H and O–H groups in total. The monoisotopic (exact) mass is 606 g/mol. The van der Waals surface area contributed by atoms with Crippen LogP contribution in [0.3, 0.4) is 0 Å². The van der Waals surface area contributed by atoms with Gasteiger partial charge in [0, 0.05) is 31.4 Å². The van der Waals surface area contributed by atoms with E-state index in [1.54, 1.807) is 6.07 Å². The van der Waals surface area contributed by atoms with E-state index in [1.807, 2.05) is 0 Å². The number of hydrogen-bond acceptors (Lipinski definition) is 9. The Hall–Kier alpha value is -4.98. The Labute approximate surface area is 243 Å². The van der Waals surface area contributed by atoms with Gasteiger partial charge in [0.1, 0.15) is 17.0 Å². The highest BCUT2D eigenvalue weighted by atomic mass is 32.2. The van der Waals surface area contributed by atoms with E-state index in [9.17, 15) is 22.4 Å². The Balaban J connectivity index is 1.18. The van der Waals surface area contributed by atoms with Crippen molar-refractivity contribution in [3.8, 4) is 17.2 Å². The molecule has 0 radical (unpaired) electrons. The van der Waals surface area contributed by atoms with Gasteiger partial charge in [-0.25, -0.2) is 22.2 Å². The number of Topliss-reactive ketones (excluding diaryl/α,β-unsaturated/α-hetero) is 1. The molecule has 3 aromatic heterocycles. The van der Waals surface area contributed by atoms with Crippen LogP contribution in [-0.4, -0.2) is 57.2 Å². The normalized spacial score (nSPS) is 15.9. The number of nitrogens with zero attached hydrogens (tertiary/aromatic N) is 4. The number of benzene rings is 2. The number of nitrogens with one attached hydrogen (secondary N) is 2. The van der Waals surface area contributed by atoms with Gasteiger partial charge in [0.05, 0.1) is 22.8 Å². The van der Waals surface area contributed by atoms with Gasteiger partial charge in [0.2, 0.25) is 0 Å². The van der Waals surface area contributed by atoms with E-state index in [2.05, 4.69) is 25.6 Å². The van der Waals surface area contributed by atoms with Crippen LogP contribution < -0.4 is 15.6 Å². The summed E-state index contributed by atoms with van der Waals surface area (Å²) in [4.78, 5) is 30.1. The van der Waals surface area contributed by atoms with Crippen LogP contribution in [0.25, 0.3) is 16.7 Å². The Bertz CT molecular complexity index is 2010. The third-order valence-electron chi connectivity index (χ3n) is 7.11. The van der Waals surface area contributed by atoms with Crippen LogP contribution in [0.5, 0.6) is 11.5 Å². The van der Waals surface area contributed by atoms with Crippen LogP contribution in [0.15, 0.2) is 71.8 Å². The van der Waals surface area contributed by atoms with Crippen molar-refractivity contribution < 1.29 is 26.7 Å². The number of aromatic nitrogens is 5. The van der Waals surface area contributed by atoms with Crippen molar-refractivity contribution in [2.24, 2.45) is 5.92 Å². The van der Waals surface area contributed by atoms with Crippen LogP contribution in [-0.2, 0) is 16.3 Å². The first-order valence-electron chi connectivity index (χ1n) is 13.3. The Morgan fingerprint density at radius 2 is 1.88 bits per heavy atom. The standard InChI is InChI=1S/C29H24F2N6O5S/c30-19-2-4-20(5-3-19)37-29(39)21(7-11-34-37)23(38)14-17-1-6-24(22(31)13-17)42-25-8-10-32-27-26(25)28(36-35-27)33-15-18-9-12-43(40,41)16-18/h1-8,10-11,13,18H,9,12,14-16H2,(H2,32,33,35,36). The highest BCUT2D eigenvalue weighted by Crippen LogP contribution is 2.34. The van der Waals surface area contributed by atoms with E-state index in [0.29, 0.717) is 41.1 Å². The highest BCUT2D eigenvalue weighted by Gasteiger charge is 2.28. The van der Waals surface area contributed by atoms with Crippen LogP contribution in [0.4, 0.5) is 14.6 Å². The van der Waals surface area contributed by atoms with Crippen molar-refractivity contribution in [3.63, 3.8) is 0 Å². The molecule has 11 nitrogen and oxygen atoms in total. The first-order valence-corrected chi connectivity index (χ1v) is 15.1. The van der Waals surface area contributed by atoms with Crippen molar-refractivity contribution >= 4 is 32.5 Å². The first kappa shape index (κ1) is 28.2. The molecule has 0 amide bonds. The number of H-pyrrole nitrogens is 1. The lowest BCUT2D eigenvalue weighted by molar-refractivity contribution is 0.0990. The quantitative estimate of drug-likeness (QED) is 0.239. The molecule has 220 valence electrons. The van der Waals surface area contributed by atoms with Gasteiger partial charge < -0.3 is 10.1 Å². The number of anilines is 1. The predicted molar refractivity (Wildman–Crippen MR) is 153 cm³/mol. The molecule has 4 heterocycles. The molecular formula is C29H24F2N6O5S. The summed E-state index contributed by atoms with van der Waals surface area (Å²) in [6.45, 7) is 0.386. The summed E-state index contributed by atoms with van der Waals surface area (Å²) >= 11 is 0. The van der Waals surface area contributed by atoms with Crippen LogP contribution in [0, 0.1) is 17.6 Å². The van der Waals surface area contributed by atoms with Crippen molar-refractivity contribution in [1.29, 1.82) is 0 Å². The number of halogens is 2. The number of ether oxygens (including phenoxy) is 1. The lowest BCUT2D eigenvalue weighted by atomic mass is 10.0. The molecule has 1 aliphatic rings. The van der Waals surface area contributed by atoms with Crippen LogP contribution in [0.2, 0.25) is 0 Å². The number of sulfone groups is 1. The molecular weight excluding hydrogens is 582 g/mol. The van der Waals surface area contributed by atoms with E-state index >= 15 is 4.39 Å². The minimum Gasteiger partial charge on any atom is -0.453 e. The molecule has 0 saturated carbocycles. The second-order valence-corrected chi connectivity index (χ2v) is 12.4. The van der Waals surface area contributed by atoms with Crippen LogP contribution >= 0.6 is 0 Å². The molecule has 1 fully saturated rings. The molecule has 2 aromatic carbocycles. The summed E-state index contributed by atoms with van der Waals surface area (Å²) < 4.78 is 58.9. The zero-order valence-electron chi connectivity index (χ0n) is 22.5. The fourth-order valence-corrected chi connectivity index (χ4v) is 6.80. The summed E-state index contributed by atoms with van der Waals surface area (Å²) in [6, 6.07) is 12.0. The first-order chi connectivity index (χ1) is 20.7. The van der Waals surface area contributed by atoms with E-state index in [4.69, 9.17) is 4.74 Å². The summed E-state index contributed by atoms with van der Waals surface area (Å²) in [6.07, 6.45) is 3.07. The fraction of sp³-hybridized carbons (Fsp3) is 0.207. The number of carbonyl (C=O) groups is 1. The molecule has 1 aliphatic heterocycles. The van der Waals surface area contributed by atoms with Gasteiger partial charge in [-0.1, -0.05) is 6.07 Å². The number of ketones is 1. The SMILES string of the molecule is O=C(Cc1ccc(Oc2ccnc3[nH]nc(NCC4CCS(=O)(=O)C4)c23)c(F)c1)c1ccnn(-c2ccc(F)cc2)c1=O. The fourth-order valence-electron chi connectivity index (χ4n) is 4.94. The Morgan fingerprint density at radius 3 is 2.63 bits per heavy atom. The minimum absolute atomic E-state index is 0.0524. The minimum atomic E-state index is -3.03. The molecule has 6 rings (SSSR count). The molecule has 1 atom stereocenters. The predicted octanol–water partition coefficient (Wildman–Crippen LogP) is 3.85. The molecule has 5 aromatic rings. The van der Waals surface area contributed by atoms with E-state index < -0.39 is 32.8 Å². The number of pyridine rings is 1. The van der Waals surface area contributed by atoms with E-state index in [-0.39, 0.29) is 40.9 Å². The molecule has 0 bridgehead atoms. The van der Waals surface area contributed by atoms with Crippen molar-refractivity contribution in [1.82, 2.24) is 25.0 Å². The summed E-state index contributed by atoms with van der Waals surface area (Å²) in [5.74, 6) is -0.991. The maximum absolute atomic E-state index is 15.2. The van der Waals surface area contributed by atoms with E-state index in [1.165, 1.54) is 54.9 Å². The third-order valence-corrected chi connectivity index (χ3v) is 8.94. The zero-order valence-corrected chi connectivity index (χ0v) is 23.3. The van der Waals surface area contributed by atoms with Gasteiger partial charge in [-0.15, -0.1) is 0 Å². The largest absolute Gasteiger partial charge is 0.453 e. The van der Waals surface area contributed by atoms with Gasteiger partial charge in [-0.05, 0) is 60.4 Å². The summed E-state index contributed by atoms with van der Waals surface area (Å²) in [5.41, 5.74) is 0.179. The van der Waals surface area contributed by atoms with Gasteiger partial charge in [-0.2, -0.15) is 14.9 Å². The van der Waals surface area contributed by atoms with Gasteiger partial charge >= 0.3 is 0 Å². The molecule has 1 unspecified atom stereocenters. The average molecular weight is 607 g/mol. The Kier molecular flexibility index (Phi) is 7.44. The number of rotatable bonds is 9. The van der Waals surface area contributed by atoms with Gasteiger partial charge in [0.25, 0.3) is 5.56 Å². The van der Waals surface area contributed by atoms with Gasteiger partial charge in [-0.3, -0.25) is 14.7 Å². The molecule has 0 aliphatic carbocycles. The van der Waals surface area contributed by atoms with Crippen molar-refractivity contribution in [2.75, 3.05) is 23.4 Å². The number of carbonyl (C=O) groups excluding carboxylic acids is 1. The zero-order chi connectivity index (χ0) is 30.1. The molecule has 1 saturated heterocycles. The lowest BCUT2D eigenvalue weighted by Gasteiger charge is -2.12. The maximum atomic E-state index is 15.2. The van der Waals surface area contributed by atoms with Gasteiger partial charge in [0.15, 0.2) is 38.7 Å². The molecule has 43 heavy (non-hydrogen) atoms. The topological polar surface area (TPSA) is 149 Å². The number of hydrogen-bond donors (Lipinski definition) is 2. The smallest absolute Gasteiger partial charge is 0.282 e. The van der Waals surface area contributed by atoms with Crippen molar-refractivity contribution in [2.45, 2.75) is 12.8 Å². The highest BCUT2D eigenvalue weighted by molar-refractivity contribution is 7.91. The molecule has 0 spiro atoms. The third kappa shape index (κ3) is 6.00. The maximum Gasteiger partial charge on any atom is 0.282 e. The van der Waals surface area contributed by atoms with Crippen LogP contribution in [0.1, 0.15) is 22.3 Å². The van der Waals surface area contributed by atoms with E-state index in [0.717, 1.165) is 10.7 Å².